The molecule has 0 atom stereocenters. The molecule has 10 nitrogen and oxygen atoms in total. The van der Waals surface area contributed by atoms with Crippen molar-refractivity contribution in [2.45, 2.75) is 19.8 Å². The molecule has 1 amide bonds. The van der Waals surface area contributed by atoms with Crippen LogP contribution in [0.2, 0.25) is 0 Å². The molecular weight excluding hydrogens is 410 g/mol. The normalized spacial score (nSPS) is 14.4. The second kappa shape index (κ2) is 9.13. The lowest BCUT2D eigenvalue weighted by Gasteiger charge is -2.33. The number of carbonyl (C=O) groups is 1. The molecule has 2 aromatic heterocycles. The number of aromatic nitrogens is 4. The van der Waals surface area contributed by atoms with Crippen LogP contribution in [0.5, 0.6) is 0 Å². The van der Waals surface area contributed by atoms with Gasteiger partial charge in [-0.2, -0.15) is 5.10 Å². The molecule has 1 N–H and O–H groups in total. The van der Waals surface area contributed by atoms with Crippen LogP contribution in [-0.2, 0) is 7.05 Å². The smallest absolute Gasteiger partial charge is 0.270 e. The number of aryl methyl sites for hydroxylation is 2. The lowest BCUT2D eigenvalue weighted by molar-refractivity contribution is -0.384. The minimum Gasteiger partial charge on any atom is -0.356 e. The molecule has 3 heterocycles. The number of non-ortho nitro benzene ring substituents is 1. The predicted octanol–water partition coefficient (Wildman–Crippen LogP) is 2.74. The number of piperidine rings is 1. The van der Waals surface area contributed by atoms with Crippen molar-refractivity contribution in [1.82, 2.24) is 25.1 Å². The lowest BCUT2D eigenvalue weighted by Crippen LogP contribution is -2.39. The number of hydrogen-bond donors (Lipinski definition) is 1. The molecule has 1 saturated heterocycles. The number of anilines is 1. The predicted molar refractivity (Wildman–Crippen MR) is 119 cm³/mol. The van der Waals surface area contributed by atoms with E-state index in [0.29, 0.717) is 29.4 Å². The van der Waals surface area contributed by atoms with E-state index in [1.807, 2.05) is 13.0 Å². The number of benzene rings is 1. The fraction of sp³-hybridized carbons (Fsp3) is 0.364. The van der Waals surface area contributed by atoms with Gasteiger partial charge in [0.1, 0.15) is 5.82 Å². The topological polar surface area (TPSA) is 119 Å². The molecule has 10 heteroatoms. The van der Waals surface area contributed by atoms with Crippen molar-refractivity contribution in [2.24, 2.45) is 13.0 Å². The minimum absolute atomic E-state index is 0.0169. The molecule has 32 heavy (non-hydrogen) atoms. The summed E-state index contributed by atoms with van der Waals surface area (Å²) >= 11 is 0. The number of nitro benzene ring substituents is 1. The highest BCUT2D eigenvalue weighted by molar-refractivity contribution is 5.93. The van der Waals surface area contributed by atoms with Crippen LogP contribution >= 0.6 is 0 Å². The van der Waals surface area contributed by atoms with E-state index in [9.17, 15) is 14.9 Å². The first kappa shape index (κ1) is 21.4. The average Bonchev–Trinajstić information content (AvgIpc) is 3.24. The van der Waals surface area contributed by atoms with Crippen LogP contribution in [-0.4, -0.2) is 50.2 Å². The number of nitrogens with one attached hydrogen (secondary N) is 1. The number of hydrogen-bond acceptors (Lipinski definition) is 7. The highest BCUT2D eigenvalue weighted by Crippen LogP contribution is 2.26. The molecule has 1 fully saturated rings. The van der Waals surface area contributed by atoms with Gasteiger partial charge >= 0.3 is 0 Å². The lowest BCUT2D eigenvalue weighted by atomic mass is 9.96. The van der Waals surface area contributed by atoms with Crippen molar-refractivity contribution in [3.63, 3.8) is 0 Å². The van der Waals surface area contributed by atoms with Crippen molar-refractivity contribution in [1.29, 1.82) is 0 Å². The van der Waals surface area contributed by atoms with Crippen LogP contribution in [0, 0.1) is 23.0 Å². The Kier molecular flexibility index (Phi) is 6.11. The van der Waals surface area contributed by atoms with Gasteiger partial charge in [0.15, 0.2) is 5.82 Å². The molecule has 0 bridgehead atoms. The van der Waals surface area contributed by atoms with Crippen molar-refractivity contribution >= 4 is 17.4 Å². The van der Waals surface area contributed by atoms with Gasteiger partial charge in [0.2, 0.25) is 0 Å². The van der Waals surface area contributed by atoms with E-state index >= 15 is 0 Å². The fourth-order valence-corrected chi connectivity index (χ4v) is 3.85. The molecule has 0 radical (unpaired) electrons. The molecular formula is C22H25N7O3. The third-order valence-electron chi connectivity index (χ3n) is 5.61. The summed E-state index contributed by atoms with van der Waals surface area (Å²) in [4.78, 5) is 34.3. The van der Waals surface area contributed by atoms with Crippen molar-refractivity contribution < 1.29 is 9.72 Å². The summed E-state index contributed by atoms with van der Waals surface area (Å²) in [7, 11) is 1.78. The third kappa shape index (κ3) is 4.90. The molecule has 0 spiro atoms. The largest absolute Gasteiger partial charge is 0.356 e. The molecule has 1 aliphatic heterocycles. The zero-order chi connectivity index (χ0) is 22.7. The number of rotatable bonds is 6. The first-order valence-electron chi connectivity index (χ1n) is 10.5. The SMILES string of the molecule is Cc1cc(N2CCC(CNC(=O)c3cnn(C)c3)CC2)nc(-c2cccc([N+](=O)[O-])c2)n1. The van der Waals surface area contributed by atoms with Gasteiger partial charge < -0.3 is 10.2 Å². The minimum atomic E-state index is -0.419. The fourth-order valence-electron chi connectivity index (χ4n) is 3.85. The van der Waals surface area contributed by atoms with Crippen molar-refractivity contribution in [3.8, 4) is 11.4 Å². The van der Waals surface area contributed by atoms with Crippen LogP contribution in [0.15, 0.2) is 42.7 Å². The Morgan fingerprint density at radius 3 is 2.72 bits per heavy atom. The van der Waals surface area contributed by atoms with Gasteiger partial charge in [0.25, 0.3) is 11.6 Å². The summed E-state index contributed by atoms with van der Waals surface area (Å²) in [6.07, 6.45) is 5.13. The van der Waals surface area contributed by atoms with Crippen LogP contribution in [0.4, 0.5) is 11.5 Å². The molecule has 1 aliphatic rings. The van der Waals surface area contributed by atoms with Gasteiger partial charge in [-0.05, 0) is 25.7 Å². The Bertz CT molecular complexity index is 1140. The summed E-state index contributed by atoms with van der Waals surface area (Å²) in [5.74, 6) is 1.59. The number of nitro groups is 1. The standard InChI is InChI=1S/C22H25N7O3/c1-15-10-20(26-21(25-15)17-4-3-5-19(11-17)29(31)32)28-8-6-16(7-9-28)12-23-22(30)18-13-24-27(2)14-18/h3-5,10-11,13-14,16H,6-9,12H2,1-2H3,(H,23,30). The van der Waals surface area contributed by atoms with Gasteiger partial charge in [-0.1, -0.05) is 12.1 Å². The Labute approximate surface area is 185 Å². The summed E-state index contributed by atoms with van der Waals surface area (Å²) < 4.78 is 1.61. The number of nitrogens with zero attached hydrogens (tertiary/aromatic N) is 6. The Morgan fingerprint density at radius 2 is 2.03 bits per heavy atom. The number of carbonyl (C=O) groups excluding carboxylic acids is 1. The van der Waals surface area contributed by atoms with Crippen molar-refractivity contribution in [2.75, 3.05) is 24.5 Å². The van der Waals surface area contributed by atoms with E-state index < -0.39 is 4.92 Å². The van der Waals surface area contributed by atoms with Crippen LogP contribution in [0.3, 0.4) is 0 Å². The summed E-state index contributed by atoms with van der Waals surface area (Å²) in [6, 6.07) is 8.31. The Morgan fingerprint density at radius 1 is 1.25 bits per heavy atom. The van der Waals surface area contributed by atoms with Gasteiger partial charge in [0, 0.05) is 62.3 Å². The van der Waals surface area contributed by atoms with E-state index in [1.165, 1.54) is 12.1 Å². The summed E-state index contributed by atoms with van der Waals surface area (Å²) in [5, 5.41) is 18.1. The molecule has 0 unspecified atom stereocenters. The van der Waals surface area contributed by atoms with Gasteiger partial charge in [-0.25, -0.2) is 9.97 Å². The maximum atomic E-state index is 12.2. The molecule has 0 aliphatic carbocycles. The van der Waals surface area contributed by atoms with Gasteiger partial charge in [-0.15, -0.1) is 0 Å². The van der Waals surface area contributed by atoms with Crippen LogP contribution in [0.1, 0.15) is 28.9 Å². The molecule has 4 rings (SSSR count). The van der Waals surface area contributed by atoms with E-state index in [1.54, 1.807) is 36.3 Å². The summed E-state index contributed by atoms with van der Waals surface area (Å²) in [5.41, 5.74) is 2.01. The Balaban J connectivity index is 1.39. The van der Waals surface area contributed by atoms with Gasteiger partial charge in [0.05, 0.1) is 16.7 Å². The molecule has 1 aromatic carbocycles. The van der Waals surface area contributed by atoms with Crippen LogP contribution < -0.4 is 10.2 Å². The van der Waals surface area contributed by atoms with E-state index in [0.717, 1.165) is 37.4 Å². The highest BCUT2D eigenvalue weighted by atomic mass is 16.6. The van der Waals surface area contributed by atoms with Crippen molar-refractivity contribution in [3.05, 3.63) is 64.1 Å². The molecule has 166 valence electrons. The van der Waals surface area contributed by atoms with E-state index in [-0.39, 0.29) is 11.6 Å². The first-order chi connectivity index (χ1) is 15.4. The quantitative estimate of drug-likeness (QED) is 0.467. The average molecular weight is 435 g/mol. The monoisotopic (exact) mass is 435 g/mol. The summed E-state index contributed by atoms with van der Waals surface area (Å²) in [6.45, 7) is 4.16. The zero-order valence-corrected chi connectivity index (χ0v) is 18.1. The molecule has 3 aromatic rings. The number of amides is 1. The van der Waals surface area contributed by atoms with E-state index in [2.05, 4.69) is 25.3 Å². The first-order valence-corrected chi connectivity index (χ1v) is 10.5. The Hall–Kier alpha value is -3.82. The maximum absolute atomic E-state index is 12.2. The maximum Gasteiger partial charge on any atom is 0.270 e. The van der Waals surface area contributed by atoms with Crippen LogP contribution in [0.25, 0.3) is 11.4 Å². The molecule has 0 saturated carbocycles. The second-order valence-corrected chi connectivity index (χ2v) is 8.04. The second-order valence-electron chi connectivity index (χ2n) is 8.04. The highest BCUT2D eigenvalue weighted by Gasteiger charge is 2.22. The van der Waals surface area contributed by atoms with E-state index in [4.69, 9.17) is 0 Å². The third-order valence-corrected chi connectivity index (χ3v) is 5.61. The zero-order valence-electron chi connectivity index (χ0n) is 18.1. The van der Waals surface area contributed by atoms with Gasteiger partial charge in [-0.3, -0.25) is 19.6 Å².